The van der Waals surface area contributed by atoms with Crippen molar-refractivity contribution in [1.29, 1.82) is 0 Å². The molecule has 0 atom stereocenters. The molecule has 0 aliphatic rings. The second-order valence-corrected chi connectivity index (χ2v) is 1.91. The Kier molecular flexibility index (Phi) is 2.35. The summed E-state index contributed by atoms with van der Waals surface area (Å²) in [4.78, 5) is 0. The monoisotopic (exact) mass is 142 g/mol. The summed E-state index contributed by atoms with van der Waals surface area (Å²) in [6, 6.07) is 0. The minimum Gasteiger partial charge on any atom is -0.316 e. The molecule has 0 aliphatic heterocycles. The van der Waals surface area contributed by atoms with Gasteiger partial charge in [0.25, 0.3) is 0 Å². The first-order chi connectivity index (χ1) is 4.88. The third kappa shape index (κ3) is 1.31. The lowest BCUT2D eigenvalue weighted by atomic mass is 10.3. The molecule has 0 unspecified atom stereocenters. The fraction of sp³-hybridized carbons (Fsp3) is 0.600. The van der Waals surface area contributed by atoms with E-state index < -0.39 is 0 Å². The summed E-state index contributed by atoms with van der Waals surface area (Å²) in [6.07, 6.45) is 0.827. The number of aryl methyl sites for hydroxylation is 1. The number of aromatic nitrogens is 3. The molecule has 56 valence electrons. The van der Waals surface area contributed by atoms with E-state index in [0.29, 0.717) is 6.54 Å². The second kappa shape index (κ2) is 3.28. The van der Waals surface area contributed by atoms with Crippen LogP contribution in [-0.2, 0) is 13.0 Å². The van der Waals surface area contributed by atoms with Crippen LogP contribution in [0.3, 0.4) is 0 Å². The highest BCUT2D eigenvalue weighted by Gasteiger charge is 2.02. The van der Waals surface area contributed by atoms with E-state index in [1.807, 2.05) is 12.4 Å². The molecule has 0 saturated heterocycles. The largest absolute Gasteiger partial charge is 0.316 e. The Labute approximate surface area is 58.4 Å². The van der Waals surface area contributed by atoms with Gasteiger partial charge in [-0.15, -0.1) is 0 Å². The highest BCUT2D eigenvalue weighted by Crippen LogP contribution is 1.99. The Morgan fingerprint density at radius 3 is 2.80 bits per heavy atom. The van der Waals surface area contributed by atoms with Gasteiger partial charge in [-0.05, 0) is 6.42 Å². The molecule has 1 aromatic heterocycles. The van der Waals surface area contributed by atoms with Crippen LogP contribution in [0.4, 0.5) is 0 Å². The Balaban J connectivity index is 2.70. The van der Waals surface area contributed by atoms with Crippen molar-refractivity contribution in [2.24, 2.45) is 0 Å². The van der Waals surface area contributed by atoms with E-state index in [4.69, 9.17) is 5.21 Å². The quantitative estimate of drug-likeness (QED) is 0.513. The number of nitrogens with one attached hydrogen (secondary N) is 2. The number of hydrogen-bond acceptors (Lipinski definition) is 4. The summed E-state index contributed by atoms with van der Waals surface area (Å²) in [5.74, 6) is 0. The molecule has 0 radical (unpaired) electrons. The maximum Gasteiger partial charge on any atom is 0.102 e. The van der Waals surface area contributed by atoms with Gasteiger partial charge >= 0.3 is 0 Å². The predicted molar refractivity (Wildman–Crippen MR) is 34.4 cm³/mol. The Hall–Kier alpha value is -0.940. The van der Waals surface area contributed by atoms with E-state index in [-0.39, 0.29) is 0 Å². The number of H-pyrrole nitrogens is 1. The molecular weight excluding hydrogens is 132 g/mol. The molecule has 0 amide bonds. The standard InChI is InChI=1S/C5H10N4O/c1-2-4-5(3-6-10)8-9-7-4/h6,10H,2-3H2,1H3,(H,7,8,9). The average molecular weight is 142 g/mol. The zero-order valence-corrected chi connectivity index (χ0v) is 5.76. The van der Waals surface area contributed by atoms with Crippen molar-refractivity contribution in [3.63, 3.8) is 0 Å². The fourth-order valence-electron chi connectivity index (χ4n) is 0.774. The zero-order valence-electron chi connectivity index (χ0n) is 5.76. The van der Waals surface area contributed by atoms with Crippen molar-refractivity contribution in [1.82, 2.24) is 20.9 Å². The summed E-state index contributed by atoms with van der Waals surface area (Å²) in [5.41, 5.74) is 3.68. The first-order valence-electron chi connectivity index (χ1n) is 3.14. The molecule has 0 bridgehead atoms. The first kappa shape index (κ1) is 7.17. The van der Waals surface area contributed by atoms with Crippen molar-refractivity contribution in [3.8, 4) is 0 Å². The predicted octanol–water partition coefficient (Wildman–Crippen LogP) is -0.154. The molecule has 0 aromatic carbocycles. The minimum absolute atomic E-state index is 0.347. The number of rotatable bonds is 3. The van der Waals surface area contributed by atoms with Gasteiger partial charge in [-0.3, -0.25) is 0 Å². The lowest BCUT2D eigenvalue weighted by molar-refractivity contribution is 0.159. The number of nitrogens with zero attached hydrogens (tertiary/aromatic N) is 2. The molecule has 1 rings (SSSR count). The lowest BCUT2D eigenvalue weighted by Gasteiger charge is -1.93. The molecule has 3 N–H and O–H groups in total. The van der Waals surface area contributed by atoms with E-state index in [1.165, 1.54) is 0 Å². The minimum atomic E-state index is 0.347. The van der Waals surface area contributed by atoms with Crippen molar-refractivity contribution in [3.05, 3.63) is 11.4 Å². The maximum atomic E-state index is 8.33. The van der Waals surface area contributed by atoms with Gasteiger partial charge in [0.2, 0.25) is 0 Å². The van der Waals surface area contributed by atoms with Crippen LogP contribution in [0, 0.1) is 0 Å². The Morgan fingerprint density at radius 1 is 1.50 bits per heavy atom. The van der Waals surface area contributed by atoms with Gasteiger partial charge in [-0.25, -0.2) is 0 Å². The van der Waals surface area contributed by atoms with Crippen LogP contribution >= 0.6 is 0 Å². The van der Waals surface area contributed by atoms with Crippen LogP contribution in [0.25, 0.3) is 0 Å². The van der Waals surface area contributed by atoms with E-state index >= 15 is 0 Å². The van der Waals surface area contributed by atoms with Crippen LogP contribution in [0.1, 0.15) is 18.3 Å². The molecule has 0 spiro atoms. The van der Waals surface area contributed by atoms with Crippen LogP contribution in [0.2, 0.25) is 0 Å². The molecule has 1 heterocycles. The summed E-state index contributed by atoms with van der Waals surface area (Å²) in [6.45, 7) is 2.33. The van der Waals surface area contributed by atoms with Crippen molar-refractivity contribution >= 4 is 0 Å². The third-order valence-corrected chi connectivity index (χ3v) is 1.28. The van der Waals surface area contributed by atoms with Gasteiger partial charge in [-0.2, -0.15) is 20.9 Å². The lowest BCUT2D eigenvalue weighted by Crippen LogP contribution is -2.08. The number of hydrogen-bond donors (Lipinski definition) is 3. The van der Waals surface area contributed by atoms with Gasteiger partial charge in [0, 0.05) is 0 Å². The van der Waals surface area contributed by atoms with Crippen LogP contribution in [-0.4, -0.2) is 20.6 Å². The highest BCUT2D eigenvalue weighted by atomic mass is 16.5. The fourth-order valence-corrected chi connectivity index (χ4v) is 0.774. The van der Waals surface area contributed by atoms with Gasteiger partial charge in [0.15, 0.2) is 0 Å². The summed E-state index contributed by atoms with van der Waals surface area (Å²) >= 11 is 0. The molecule has 10 heavy (non-hydrogen) atoms. The summed E-state index contributed by atoms with van der Waals surface area (Å²) < 4.78 is 0. The van der Waals surface area contributed by atoms with Crippen molar-refractivity contribution < 1.29 is 5.21 Å². The van der Waals surface area contributed by atoms with E-state index in [1.54, 1.807) is 0 Å². The Bertz CT molecular complexity index is 197. The normalized spacial score (nSPS) is 10.2. The molecular formula is C5H10N4O. The Morgan fingerprint density at radius 2 is 2.20 bits per heavy atom. The van der Waals surface area contributed by atoms with Gasteiger partial charge in [0.1, 0.15) is 5.69 Å². The molecule has 5 nitrogen and oxygen atoms in total. The first-order valence-corrected chi connectivity index (χ1v) is 3.14. The molecule has 0 saturated carbocycles. The van der Waals surface area contributed by atoms with Gasteiger partial charge in [0.05, 0.1) is 12.2 Å². The van der Waals surface area contributed by atoms with Gasteiger partial charge < -0.3 is 5.21 Å². The molecule has 5 heteroatoms. The highest BCUT2D eigenvalue weighted by molar-refractivity contribution is 5.06. The smallest absolute Gasteiger partial charge is 0.102 e. The van der Waals surface area contributed by atoms with E-state index in [0.717, 1.165) is 17.8 Å². The average Bonchev–Trinajstić information content (AvgIpc) is 2.36. The van der Waals surface area contributed by atoms with Gasteiger partial charge in [-0.1, -0.05) is 6.92 Å². The zero-order chi connectivity index (χ0) is 7.40. The van der Waals surface area contributed by atoms with Crippen molar-refractivity contribution in [2.45, 2.75) is 19.9 Å². The van der Waals surface area contributed by atoms with Crippen molar-refractivity contribution in [2.75, 3.05) is 0 Å². The summed E-state index contributed by atoms with van der Waals surface area (Å²) in [7, 11) is 0. The van der Waals surface area contributed by atoms with Crippen LogP contribution in [0.15, 0.2) is 0 Å². The summed E-state index contributed by atoms with van der Waals surface area (Å²) in [5, 5.41) is 18.5. The van der Waals surface area contributed by atoms with E-state index in [9.17, 15) is 0 Å². The maximum absolute atomic E-state index is 8.33. The number of aromatic amines is 1. The van der Waals surface area contributed by atoms with E-state index in [2.05, 4.69) is 15.4 Å². The SMILES string of the molecule is CCc1n[nH]nc1CNO. The topological polar surface area (TPSA) is 73.8 Å². The molecule has 0 fully saturated rings. The number of hydroxylamine groups is 1. The third-order valence-electron chi connectivity index (χ3n) is 1.28. The molecule has 0 aliphatic carbocycles. The molecule has 1 aromatic rings. The van der Waals surface area contributed by atoms with Crippen LogP contribution in [0.5, 0.6) is 0 Å². The second-order valence-electron chi connectivity index (χ2n) is 1.91. The van der Waals surface area contributed by atoms with Crippen LogP contribution < -0.4 is 5.48 Å².